The van der Waals surface area contributed by atoms with Gasteiger partial charge in [-0.1, -0.05) is 6.07 Å². The van der Waals surface area contributed by atoms with E-state index in [1.165, 1.54) is 13.8 Å². The monoisotopic (exact) mass is 586 g/mol. The minimum atomic E-state index is -4.87. The molecule has 2 aromatic rings. The zero-order valence-electron chi connectivity index (χ0n) is 20.3. The number of alkyl halides is 6. The minimum Gasteiger partial charge on any atom is -0.348 e. The van der Waals surface area contributed by atoms with Gasteiger partial charge in [0.25, 0.3) is 5.91 Å². The van der Waals surface area contributed by atoms with E-state index >= 15 is 0 Å². The molecule has 1 fully saturated rings. The van der Waals surface area contributed by atoms with Gasteiger partial charge in [0.05, 0.1) is 25.7 Å². The first kappa shape index (κ1) is 29.9. The highest BCUT2D eigenvalue weighted by Crippen LogP contribution is 2.40. The van der Waals surface area contributed by atoms with Gasteiger partial charge in [0.2, 0.25) is 0 Å². The van der Waals surface area contributed by atoms with Crippen molar-refractivity contribution in [3.63, 3.8) is 0 Å². The van der Waals surface area contributed by atoms with Gasteiger partial charge in [0.1, 0.15) is 5.69 Å². The van der Waals surface area contributed by atoms with E-state index in [2.05, 4.69) is 10.3 Å². The van der Waals surface area contributed by atoms with Crippen molar-refractivity contribution >= 4 is 25.6 Å². The van der Waals surface area contributed by atoms with Crippen LogP contribution in [0.2, 0.25) is 0 Å². The average Bonchev–Trinajstić information content (AvgIpc) is 2.75. The number of rotatable bonds is 7. The summed E-state index contributed by atoms with van der Waals surface area (Å²) in [5.41, 5.74) is -3.12. The van der Waals surface area contributed by atoms with Gasteiger partial charge in [-0.25, -0.2) is 21.8 Å². The van der Waals surface area contributed by atoms with Crippen LogP contribution in [0.1, 0.15) is 54.7 Å². The topological polar surface area (TPSA) is 110 Å². The van der Waals surface area contributed by atoms with E-state index in [1.807, 2.05) is 0 Å². The van der Waals surface area contributed by atoms with E-state index in [0.717, 1.165) is 18.2 Å². The molecule has 0 radical (unpaired) electrons. The molecular formula is C23H24F6N2O5S2. The third-order valence-corrected chi connectivity index (χ3v) is 9.95. The molecule has 0 bridgehead atoms. The molecule has 0 aliphatic heterocycles. The summed E-state index contributed by atoms with van der Waals surface area (Å²) in [5, 5.41) is 2.49. The zero-order chi connectivity index (χ0) is 28.9. The summed E-state index contributed by atoms with van der Waals surface area (Å²) in [7, 11) is -8.41. The van der Waals surface area contributed by atoms with Crippen molar-refractivity contribution in [1.29, 1.82) is 0 Å². The van der Waals surface area contributed by atoms with Crippen LogP contribution < -0.4 is 5.32 Å². The number of benzene rings is 1. The van der Waals surface area contributed by atoms with Crippen molar-refractivity contribution in [3.05, 3.63) is 53.3 Å². The summed E-state index contributed by atoms with van der Waals surface area (Å²) in [6.45, 7) is 2.78. The molecule has 38 heavy (non-hydrogen) atoms. The smallest absolute Gasteiger partial charge is 0.348 e. The standard InChI is InChI=1S/C23H24F6N2O5S2/c1-21(2,38(35,36)17-6-4-5-14(9-17)22(24,25)26)11-13-7-16(8-13)31-20(32)19-18(37(3,33)34)10-15(12-30-19)23(27,28)29/h4-6,9-10,12-13,16H,7-8,11H2,1-3H3,(H,31,32)/t13-,16-. The number of hydrogen-bond donors (Lipinski definition) is 1. The first-order chi connectivity index (χ1) is 17.1. The summed E-state index contributed by atoms with van der Waals surface area (Å²) < 4.78 is 127. The molecule has 1 aromatic carbocycles. The van der Waals surface area contributed by atoms with Crippen molar-refractivity contribution < 1.29 is 48.0 Å². The van der Waals surface area contributed by atoms with Crippen molar-refractivity contribution in [3.8, 4) is 0 Å². The molecule has 1 aliphatic rings. The van der Waals surface area contributed by atoms with Crippen molar-refractivity contribution in [1.82, 2.24) is 10.3 Å². The maximum Gasteiger partial charge on any atom is 0.417 e. The van der Waals surface area contributed by atoms with Crippen LogP contribution in [0.4, 0.5) is 26.3 Å². The summed E-state index contributed by atoms with van der Waals surface area (Å²) in [5.74, 6) is -1.25. The molecular weight excluding hydrogens is 562 g/mol. The van der Waals surface area contributed by atoms with Gasteiger partial charge in [0.15, 0.2) is 19.7 Å². The number of carbonyl (C=O) groups excluding carboxylic acids is 1. The number of nitrogens with one attached hydrogen (secondary N) is 1. The first-order valence-corrected chi connectivity index (χ1v) is 14.5. The summed E-state index contributed by atoms with van der Waals surface area (Å²) >= 11 is 0. The van der Waals surface area contributed by atoms with Crippen molar-refractivity contribution in [2.45, 2.75) is 66.0 Å². The average molecular weight is 587 g/mol. The molecule has 0 spiro atoms. The maximum absolute atomic E-state index is 13.1. The summed E-state index contributed by atoms with van der Waals surface area (Å²) in [6.07, 6.45) is -7.99. The first-order valence-electron chi connectivity index (χ1n) is 11.1. The lowest BCUT2D eigenvalue weighted by atomic mass is 9.75. The number of pyridine rings is 1. The Kier molecular flexibility index (Phi) is 7.71. The second-order valence-corrected chi connectivity index (χ2v) is 14.4. The molecule has 210 valence electrons. The van der Waals surface area contributed by atoms with E-state index in [0.29, 0.717) is 24.6 Å². The highest BCUT2D eigenvalue weighted by Gasteiger charge is 2.43. The number of halogens is 6. The van der Waals surface area contributed by atoms with Crippen LogP contribution >= 0.6 is 0 Å². The summed E-state index contributed by atoms with van der Waals surface area (Å²) in [4.78, 5) is 14.7. The Balaban J connectivity index is 1.69. The fourth-order valence-electron chi connectivity index (χ4n) is 4.29. The third kappa shape index (κ3) is 6.30. The van der Waals surface area contributed by atoms with E-state index < -0.39 is 75.3 Å². The van der Waals surface area contributed by atoms with Gasteiger partial charge in [-0.15, -0.1) is 0 Å². The molecule has 0 unspecified atom stereocenters. The van der Waals surface area contributed by atoms with Crippen LogP contribution in [0.15, 0.2) is 46.3 Å². The van der Waals surface area contributed by atoms with Gasteiger partial charge in [-0.3, -0.25) is 4.79 Å². The van der Waals surface area contributed by atoms with E-state index in [1.54, 1.807) is 0 Å². The maximum atomic E-state index is 13.1. The Hall–Kier alpha value is -2.68. The second-order valence-electron chi connectivity index (χ2n) is 9.84. The third-order valence-electron chi connectivity index (χ3n) is 6.34. The van der Waals surface area contributed by atoms with Gasteiger partial charge in [-0.05, 0) is 63.3 Å². The summed E-state index contributed by atoms with van der Waals surface area (Å²) in [6, 6.07) is 3.26. The Bertz CT molecular complexity index is 1450. The van der Waals surface area contributed by atoms with Crippen LogP contribution in [0.5, 0.6) is 0 Å². The molecule has 1 saturated carbocycles. The van der Waals surface area contributed by atoms with Gasteiger partial charge in [-0.2, -0.15) is 26.3 Å². The quantitative estimate of drug-likeness (QED) is 0.472. The number of carbonyl (C=O) groups is 1. The van der Waals surface area contributed by atoms with Gasteiger partial charge in [0, 0.05) is 18.5 Å². The van der Waals surface area contributed by atoms with E-state index in [-0.39, 0.29) is 25.2 Å². The second kappa shape index (κ2) is 9.81. The van der Waals surface area contributed by atoms with Crippen LogP contribution in [-0.2, 0) is 32.0 Å². The van der Waals surface area contributed by atoms with E-state index in [4.69, 9.17) is 0 Å². The lowest BCUT2D eigenvalue weighted by molar-refractivity contribution is -0.138. The molecule has 1 N–H and O–H groups in total. The van der Waals surface area contributed by atoms with Crippen LogP contribution in [0.3, 0.4) is 0 Å². The van der Waals surface area contributed by atoms with Crippen LogP contribution in [-0.4, -0.2) is 44.8 Å². The Morgan fingerprint density at radius 3 is 2.08 bits per heavy atom. The number of aromatic nitrogens is 1. The van der Waals surface area contributed by atoms with Crippen molar-refractivity contribution in [2.75, 3.05) is 6.26 Å². The van der Waals surface area contributed by atoms with Gasteiger partial charge < -0.3 is 5.32 Å². The fourth-order valence-corrected chi connectivity index (χ4v) is 6.76. The molecule has 1 aromatic heterocycles. The van der Waals surface area contributed by atoms with Gasteiger partial charge >= 0.3 is 12.4 Å². The fraction of sp³-hybridized carbons (Fsp3) is 0.478. The SMILES string of the molecule is CC(C)(C[C@H]1C[C@H](NC(=O)c2ncc(C(F)(F)F)cc2S(C)(=O)=O)C1)S(=O)(=O)c1cccc(C(F)(F)F)c1. The predicted octanol–water partition coefficient (Wildman–Crippen LogP) is 4.67. The van der Waals surface area contributed by atoms with Crippen molar-refractivity contribution in [2.24, 2.45) is 5.92 Å². The number of hydrogen-bond acceptors (Lipinski definition) is 6. The molecule has 1 amide bonds. The zero-order valence-corrected chi connectivity index (χ0v) is 21.9. The highest BCUT2D eigenvalue weighted by molar-refractivity contribution is 7.92. The molecule has 0 saturated heterocycles. The lowest BCUT2D eigenvalue weighted by Crippen LogP contribution is -2.47. The number of nitrogens with zero attached hydrogens (tertiary/aromatic N) is 1. The molecule has 0 atom stereocenters. The molecule has 1 aliphatic carbocycles. The molecule has 1 heterocycles. The molecule has 3 rings (SSSR count). The lowest BCUT2D eigenvalue weighted by Gasteiger charge is -2.40. The number of amides is 1. The van der Waals surface area contributed by atoms with E-state index in [9.17, 15) is 48.0 Å². The minimum absolute atomic E-state index is 0.0606. The molecule has 15 heteroatoms. The van der Waals surface area contributed by atoms with Crippen LogP contribution in [0.25, 0.3) is 0 Å². The predicted molar refractivity (Wildman–Crippen MR) is 124 cm³/mol. The van der Waals surface area contributed by atoms with Crippen LogP contribution in [0, 0.1) is 5.92 Å². The Labute approximate surface area is 215 Å². The Morgan fingerprint density at radius 1 is 0.974 bits per heavy atom. The Morgan fingerprint density at radius 2 is 1.55 bits per heavy atom. The normalized spacial score (nSPS) is 19.1. The largest absolute Gasteiger partial charge is 0.417 e. The molecule has 7 nitrogen and oxygen atoms in total. The highest BCUT2D eigenvalue weighted by atomic mass is 32.2. The number of sulfone groups is 2.